The third kappa shape index (κ3) is 17.8. The molecule has 2 rings (SSSR count). The molecule has 6 amide bonds. The van der Waals surface area contributed by atoms with Crippen LogP contribution >= 0.6 is 136 Å². The molecule has 0 fully saturated rings. The Morgan fingerprint density at radius 1 is 0.508 bits per heavy atom. The van der Waals surface area contributed by atoms with Crippen LogP contribution in [0.15, 0.2) is 12.1 Å². The molecule has 0 saturated carbocycles. The van der Waals surface area contributed by atoms with Crippen molar-refractivity contribution >= 4 is 171 Å². The molecular weight excluding hydrogens is 1520 g/mol. The number of benzene rings is 2. The van der Waals surface area contributed by atoms with E-state index >= 15 is 0 Å². The number of amides is 6. The fourth-order valence-corrected chi connectivity index (χ4v) is 9.89. The van der Waals surface area contributed by atoms with Gasteiger partial charge in [-0.25, -0.2) is 0 Å². The fraction of sp³-hybridized carbons (Fsp3) is 0.486. The predicted molar refractivity (Wildman–Crippen MR) is 273 cm³/mol. The average molecular weight is 1570 g/mol. The summed E-state index contributed by atoms with van der Waals surface area (Å²) in [6, 6.07) is 2.53. The summed E-state index contributed by atoms with van der Waals surface area (Å²) in [5.41, 5.74) is -0.382. The quantitative estimate of drug-likeness (QED) is 0.0294. The van der Waals surface area contributed by atoms with Gasteiger partial charge < -0.3 is 71.8 Å². The molecule has 22 nitrogen and oxygen atoms in total. The standard InChI is InChI=1S/C35H44I6N6O16/c36-6-24(56)46(62-22-4-20(32(58)42-8-16(52)12-48)28(38)26(30(22)40)34(60)44-10-18(54)14-50)2-1-3-47(25(57)7-37)63-23-5-21(33(59)43-9-17(53)13-49)29(39)27(31(23)41)35(61)45-11-19(55)15-51/h4-5,16-19,48-55H,1-3,6-15H2,(H,42,58)(H,43,59)(H,44,60)(H,45,61). The lowest BCUT2D eigenvalue weighted by Crippen LogP contribution is -2.41. The Bertz CT molecular complexity index is 1800. The van der Waals surface area contributed by atoms with Crippen molar-refractivity contribution in [2.75, 3.05) is 74.6 Å². The second-order valence-electron chi connectivity index (χ2n) is 12.8. The SMILES string of the molecule is O=C(NCC(O)CO)c1cc(ON(CCCN(Oc2cc(C(=O)NCC(O)CO)c(I)c(C(=O)NCC(O)CO)c2I)C(=O)CI)C(=O)CI)c(I)c(C(=O)NCC(O)CO)c1I. The molecule has 12 N–H and O–H groups in total. The van der Waals surface area contributed by atoms with Gasteiger partial charge in [0.2, 0.25) is 0 Å². The molecule has 2 aromatic carbocycles. The van der Waals surface area contributed by atoms with E-state index in [0.717, 1.165) is 10.1 Å². The molecular formula is C35H44I6N6O16. The molecule has 0 aliphatic heterocycles. The number of hydrogen-bond donors (Lipinski definition) is 12. The van der Waals surface area contributed by atoms with Crippen LogP contribution in [0.25, 0.3) is 0 Å². The number of nitrogens with one attached hydrogen (secondary N) is 4. The van der Waals surface area contributed by atoms with E-state index in [-0.39, 0.29) is 103 Å². The average Bonchev–Trinajstić information content (AvgIpc) is 3.27. The normalized spacial score (nSPS) is 12.9. The minimum atomic E-state index is -1.29. The maximum absolute atomic E-state index is 13.4. The highest BCUT2D eigenvalue weighted by atomic mass is 127. The largest absolute Gasteiger partial charge is 0.394 e. The maximum atomic E-state index is 13.4. The summed E-state index contributed by atoms with van der Waals surface area (Å²) in [4.78, 5) is 92.2. The Kier molecular flexibility index (Phi) is 27.3. The van der Waals surface area contributed by atoms with Gasteiger partial charge in [-0.15, -0.1) is 0 Å². The summed E-state index contributed by atoms with van der Waals surface area (Å²) >= 11 is 10.7. The number of aliphatic hydroxyl groups is 8. The zero-order chi connectivity index (χ0) is 47.6. The first-order valence-electron chi connectivity index (χ1n) is 18.2. The number of hydrogen-bond acceptors (Lipinski definition) is 16. The number of nitrogens with zero attached hydrogens (tertiary/aromatic N) is 2. The Morgan fingerprint density at radius 3 is 1.06 bits per heavy atom. The van der Waals surface area contributed by atoms with Crippen LogP contribution in [0.1, 0.15) is 47.9 Å². The molecule has 0 bridgehead atoms. The first-order valence-corrected chi connectivity index (χ1v) is 25.6. The lowest BCUT2D eigenvalue weighted by Gasteiger charge is -2.27. The van der Waals surface area contributed by atoms with Crippen molar-refractivity contribution in [1.29, 1.82) is 0 Å². The second kappa shape index (κ2) is 29.6. The van der Waals surface area contributed by atoms with Crippen molar-refractivity contribution in [3.63, 3.8) is 0 Å². The van der Waals surface area contributed by atoms with Gasteiger partial charge in [0.05, 0.1) is 102 Å². The van der Waals surface area contributed by atoms with Gasteiger partial charge in [-0.1, -0.05) is 45.2 Å². The van der Waals surface area contributed by atoms with E-state index in [1.54, 1.807) is 136 Å². The van der Waals surface area contributed by atoms with Crippen LogP contribution in [0.3, 0.4) is 0 Å². The topological polar surface area (TPSA) is 337 Å². The molecule has 352 valence electrons. The third-order valence-corrected chi connectivity index (χ3v) is 13.7. The molecule has 4 atom stereocenters. The summed E-state index contributed by atoms with van der Waals surface area (Å²) in [6.45, 7) is -4.39. The lowest BCUT2D eigenvalue weighted by molar-refractivity contribution is -0.159. The van der Waals surface area contributed by atoms with Crippen molar-refractivity contribution in [3.05, 3.63) is 48.7 Å². The second-order valence-corrected chi connectivity index (χ2v) is 18.7. The van der Waals surface area contributed by atoms with Gasteiger partial charge in [0.15, 0.2) is 11.5 Å². The molecule has 0 heterocycles. The number of aliphatic hydroxyl groups excluding tert-OH is 8. The van der Waals surface area contributed by atoms with Crippen molar-refractivity contribution in [2.45, 2.75) is 30.8 Å². The van der Waals surface area contributed by atoms with Crippen LogP contribution in [-0.4, -0.2) is 185 Å². The van der Waals surface area contributed by atoms with Crippen LogP contribution in [0.5, 0.6) is 11.5 Å². The highest BCUT2D eigenvalue weighted by Gasteiger charge is 2.30. The highest BCUT2D eigenvalue weighted by molar-refractivity contribution is 14.1. The van der Waals surface area contributed by atoms with Gasteiger partial charge in [-0.2, -0.15) is 10.1 Å². The van der Waals surface area contributed by atoms with Gasteiger partial charge >= 0.3 is 0 Å². The van der Waals surface area contributed by atoms with Crippen molar-refractivity contribution in [3.8, 4) is 11.5 Å². The molecule has 2 aromatic rings. The van der Waals surface area contributed by atoms with E-state index in [1.807, 2.05) is 0 Å². The molecule has 63 heavy (non-hydrogen) atoms. The number of hydroxylamine groups is 4. The molecule has 4 unspecified atom stereocenters. The highest BCUT2D eigenvalue weighted by Crippen LogP contribution is 2.34. The zero-order valence-electron chi connectivity index (χ0n) is 32.7. The molecule has 28 heteroatoms. The smallest absolute Gasteiger partial charge is 0.264 e. The minimum Gasteiger partial charge on any atom is -0.394 e. The monoisotopic (exact) mass is 1570 g/mol. The Labute approximate surface area is 442 Å². The Morgan fingerprint density at radius 2 is 0.794 bits per heavy atom. The van der Waals surface area contributed by atoms with E-state index < -0.39 is 86.3 Å². The van der Waals surface area contributed by atoms with Gasteiger partial charge in [-0.3, -0.25) is 28.8 Å². The van der Waals surface area contributed by atoms with E-state index in [1.165, 1.54) is 12.1 Å². The van der Waals surface area contributed by atoms with Crippen molar-refractivity contribution < 1.29 is 79.3 Å². The molecule has 0 aliphatic carbocycles. The third-order valence-electron chi connectivity index (χ3n) is 8.04. The van der Waals surface area contributed by atoms with E-state index in [2.05, 4.69) is 21.3 Å². The molecule has 0 aromatic heterocycles. The van der Waals surface area contributed by atoms with E-state index in [9.17, 15) is 69.6 Å². The molecule has 0 radical (unpaired) electrons. The summed E-state index contributed by atoms with van der Waals surface area (Å²) in [6.07, 6.45) is -5.19. The maximum Gasteiger partial charge on any atom is 0.264 e. The van der Waals surface area contributed by atoms with Gasteiger partial charge in [0, 0.05) is 33.3 Å². The first kappa shape index (κ1) is 58.0. The molecule has 0 spiro atoms. The lowest BCUT2D eigenvalue weighted by atomic mass is 10.1. The van der Waals surface area contributed by atoms with Crippen LogP contribution < -0.4 is 30.9 Å². The number of halogens is 6. The molecule has 0 saturated heterocycles. The minimum absolute atomic E-state index is 0.0236. The van der Waals surface area contributed by atoms with Crippen molar-refractivity contribution in [2.24, 2.45) is 0 Å². The number of carbonyl (C=O) groups is 6. The van der Waals surface area contributed by atoms with Crippen LogP contribution in [0, 0.1) is 14.3 Å². The molecule has 0 aliphatic rings. The summed E-state index contributed by atoms with van der Waals surface area (Å²) in [7, 11) is 0. The van der Waals surface area contributed by atoms with Crippen LogP contribution in [0.4, 0.5) is 0 Å². The van der Waals surface area contributed by atoms with E-state index in [0.29, 0.717) is 0 Å². The van der Waals surface area contributed by atoms with E-state index in [4.69, 9.17) is 9.68 Å². The van der Waals surface area contributed by atoms with Gasteiger partial charge in [0.25, 0.3) is 35.4 Å². The Balaban J connectivity index is 2.56. The summed E-state index contributed by atoms with van der Waals surface area (Å²) in [5.74, 6) is -4.47. The van der Waals surface area contributed by atoms with Crippen LogP contribution in [-0.2, 0) is 9.59 Å². The van der Waals surface area contributed by atoms with Crippen LogP contribution in [0.2, 0.25) is 0 Å². The fourth-order valence-electron chi connectivity index (χ4n) is 4.72. The Hall–Kier alpha value is -1.08. The van der Waals surface area contributed by atoms with Gasteiger partial charge in [-0.05, 0) is 109 Å². The number of rotatable bonds is 26. The zero-order valence-corrected chi connectivity index (χ0v) is 45.6. The first-order chi connectivity index (χ1) is 29.8. The summed E-state index contributed by atoms with van der Waals surface area (Å²) in [5, 5.41) is 87.9. The van der Waals surface area contributed by atoms with Crippen molar-refractivity contribution in [1.82, 2.24) is 31.4 Å². The van der Waals surface area contributed by atoms with Gasteiger partial charge in [0.1, 0.15) is 0 Å². The summed E-state index contributed by atoms with van der Waals surface area (Å²) < 4.78 is 0.328. The number of carbonyl (C=O) groups excluding carboxylic acids is 6. The number of alkyl halides is 2. The predicted octanol–water partition coefficient (Wildman–Crippen LogP) is -1.36.